The van der Waals surface area contributed by atoms with Crippen LogP contribution in [-0.4, -0.2) is 37.2 Å². The van der Waals surface area contributed by atoms with Crippen LogP contribution in [0.1, 0.15) is 29.7 Å². The van der Waals surface area contributed by atoms with Gasteiger partial charge in [0.1, 0.15) is 16.3 Å². The fourth-order valence-electron chi connectivity index (χ4n) is 5.29. The van der Waals surface area contributed by atoms with E-state index in [1.54, 1.807) is 32.2 Å². The molecule has 8 nitrogen and oxygen atoms in total. The number of thiazole rings is 1. The number of esters is 1. The van der Waals surface area contributed by atoms with Crippen molar-refractivity contribution in [2.24, 2.45) is 4.99 Å². The number of aromatic nitrogens is 1. The minimum absolute atomic E-state index is 0.121. The molecule has 2 aliphatic rings. The molecule has 0 bridgehead atoms. The lowest BCUT2D eigenvalue weighted by Crippen LogP contribution is -2.41. The van der Waals surface area contributed by atoms with Crippen LogP contribution in [0.25, 0.3) is 11.3 Å². The maximum absolute atomic E-state index is 14.4. The third-order valence-electron chi connectivity index (χ3n) is 7.12. The van der Waals surface area contributed by atoms with Crippen molar-refractivity contribution in [1.29, 1.82) is 0 Å². The number of methoxy groups -OCH3 is 1. The smallest absolute Gasteiger partial charge is 0.338 e. The Balaban J connectivity index is 1.76. The Morgan fingerprint density at radius 2 is 1.78 bits per heavy atom. The van der Waals surface area contributed by atoms with Gasteiger partial charge in [-0.2, -0.15) is 0 Å². The molecule has 6 rings (SSSR count). The number of likely N-dealkylation sites (N-methyl/N-ethyl adjacent to an activating group) is 1. The van der Waals surface area contributed by atoms with Gasteiger partial charge in [0.25, 0.3) is 11.5 Å². The first-order valence-electron chi connectivity index (χ1n) is 12.9. The summed E-state index contributed by atoms with van der Waals surface area (Å²) in [7, 11) is 3.19. The van der Waals surface area contributed by atoms with Crippen molar-refractivity contribution >= 4 is 51.8 Å². The lowest BCUT2D eigenvalue weighted by molar-refractivity contribution is -0.138. The Morgan fingerprint density at radius 1 is 1.05 bits per heavy atom. The Hall–Kier alpha value is -4.47. The van der Waals surface area contributed by atoms with E-state index in [1.807, 2.05) is 54.6 Å². The largest absolute Gasteiger partial charge is 0.496 e. The van der Waals surface area contributed by atoms with Crippen LogP contribution in [0.3, 0.4) is 0 Å². The fraction of sp³-hybridized carbons (Fsp3) is 0.161. The quantitative estimate of drug-likeness (QED) is 0.331. The first kappa shape index (κ1) is 26.7. The summed E-state index contributed by atoms with van der Waals surface area (Å²) in [4.78, 5) is 48.2. The van der Waals surface area contributed by atoms with Crippen LogP contribution in [0.5, 0.6) is 5.75 Å². The highest BCUT2D eigenvalue weighted by Crippen LogP contribution is 2.40. The first-order chi connectivity index (χ1) is 19.8. The predicted molar refractivity (Wildman–Crippen MR) is 158 cm³/mol. The standard InChI is InChI=1S/C31H24ClN3O5S/c1-4-40-30(38)24-25(17-10-6-5-7-11-17)33-31-35(26(24)20-16-18(32)14-15-22(20)39-3)29(37)27(41-31)23-19-12-8-9-13-21(19)34(2)28(23)36/h5-16,26H,4H2,1-3H3/b27-23+/t26-/m0/s1. The number of carbonyl (C=O) groups excluding carboxylic acids is 2. The summed E-state index contributed by atoms with van der Waals surface area (Å²) in [5.74, 6) is -0.487. The lowest BCUT2D eigenvalue weighted by Gasteiger charge is -2.27. The third kappa shape index (κ3) is 4.29. The Bertz CT molecular complexity index is 1940. The number of anilines is 1. The Labute approximate surface area is 244 Å². The molecule has 1 aromatic heterocycles. The molecule has 3 aromatic carbocycles. The maximum atomic E-state index is 14.4. The van der Waals surface area contributed by atoms with E-state index in [9.17, 15) is 14.4 Å². The second-order valence-corrected chi connectivity index (χ2v) is 10.8. The molecule has 0 spiro atoms. The summed E-state index contributed by atoms with van der Waals surface area (Å²) in [6.45, 7) is 1.84. The van der Waals surface area contributed by atoms with Gasteiger partial charge in [-0.25, -0.2) is 9.79 Å². The molecule has 10 heteroatoms. The summed E-state index contributed by atoms with van der Waals surface area (Å²) in [5, 5.41) is 0.397. The average Bonchev–Trinajstić information content (AvgIpc) is 3.44. The molecule has 1 amide bonds. The predicted octanol–water partition coefficient (Wildman–Crippen LogP) is 3.94. The van der Waals surface area contributed by atoms with Gasteiger partial charge < -0.3 is 14.4 Å². The minimum atomic E-state index is -0.993. The van der Waals surface area contributed by atoms with E-state index in [0.29, 0.717) is 49.2 Å². The molecule has 41 heavy (non-hydrogen) atoms. The Morgan fingerprint density at radius 3 is 2.51 bits per heavy atom. The molecule has 0 unspecified atom stereocenters. The topological polar surface area (TPSA) is 90.2 Å². The van der Waals surface area contributed by atoms with E-state index in [1.165, 1.54) is 16.6 Å². The second kappa shape index (κ2) is 10.5. The van der Waals surface area contributed by atoms with E-state index in [-0.39, 0.29) is 22.6 Å². The van der Waals surface area contributed by atoms with Gasteiger partial charge in [0.15, 0.2) is 4.80 Å². The fourth-order valence-corrected chi connectivity index (χ4v) is 6.56. The van der Waals surface area contributed by atoms with Crippen LogP contribution in [0.15, 0.2) is 88.2 Å². The van der Waals surface area contributed by atoms with E-state index in [4.69, 9.17) is 26.1 Å². The molecule has 2 aliphatic heterocycles. The number of hydrogen-bond donors (Lipinski definition) is 0. The van der Waals surface area contributed by atoms with Crippen molar-refractivity contribution in [3.05, 3.63) is 120 Å². The minimum Gasteiger partial charge on any atom is -0.496 e. The van der Waals surface area contributed by atoms with Gasteiger partial charge in [-0.1, -0.05) is 71.5 Å². The van der Waals surface area contributed by atoms with E-state index < -0.39 is 17.6 Å². The summed E-state index contributed by atoms with van der Waals surface area (Å²) in [6.07, 6.45) is 0. The van der Waals surface area contributed by atoms with E-state index in [0.717, 1.165) is 11.3 Å². The monoisotopic (exact) mass is 585 g/mol. The van der Waals surface area contributed by atoms with Gasteiger partial charge in [-0.15, -0.1) is 0 Å². The van der Waals surface area contributed by atoms with Crippen LogP contribution in [0.2, 0.25) is 5.02 Å². The second-order valence-electron chi connectivity index (χ2n) is 9.39. The molecule has 0 radical (unpaired) electrons. The molecule has 3 heterocycles. The van der Waals surface area contributed by atoms with Crippen molar-refractivity contribution < 1.29 is 19.1 Å². The summed E-state index contributed by atoms with van der Waals surface area (Å²) < 4.78 is 12.9. The molecule has 1 atom stereocenters. The van der Waals surface area contributed by atoms with Gasteiger partial charge in [0, 0.05) is 28.8 Å². The van der Waals surface area contributed by atoms with E-state index >= 15 is 0 Å². The summed E-state index contributed by atoms with van der Waals surface area (Å²) in [5.41, 5.74) is 2.90. The number of carbonyl (C=O) groups is 2. The van der Waals surface area contributed by atoms with E-state index in [2.05, 4.69) is 0 Å². The van der Waals surface area contributed by atoms with Crippen LogP contribution in [-0.2, 0) is 14.3 Å². The van der Waals surface area contributed by atoms with Crippen molar-refractivity contribution in [1.82, 2.24) is 4.57 Å². The highest BCUT2D eigenvalue weighted by molar-refractivity contribution is 7.07. The van der Waals surface area contributed by atoms with Crippen LogP contribution in [0.4, 0.5) is 5.69 Å². The molecule has 0 aliphatic carbocycles. The van der Waals surface area contributed by atoms with Crippen molar-refractivity contribution in [2.75, 3.05) is 25.7 Å². The molecule has 0 saturated carbocycles. The first-order valence-corrected chi connectivity index (χ1v) is 14.1. The number of halogens is 1. The number of nitrogens with zero attached hydrogens (tertiary/aromatic N) is 3. The summed E-state index contributed by atoms with van der Waals surface area (Å²) >= 11 is 7.56. The molecule has 4 aromatic rings. The zero-order chi connectivity index (χ0) is 28.8. The van der Waals surface area contributed by atoms with Gasteiger partial charge >= 0.3 is 5.97 Å². The highest BCUT2D eigenvalue weighted by atomic mass is 35.5. The molecule has 0 saturated heterocycles. The third-order valence-corrected chi connectivity index (χ3v) is 8.40. The zero-order valence-electron chi connectivity index (χ0n) is 22.4. The number of hydrogen-bond acceptors (Lipinski definition) is 7. The van der Waals surface area contributed by atoms with Gasteiger partial charge in [-0.05, 0) is 31.2 Å². The highest BCUT2D eigenvalue weighted by Gasteiger charge is 2.38. The van der Waals surface area contributed by atoms with Crippen LogP contribution in [0, 0.1) is 0 Å². The maximum Gasteiger partial charge on any atom is 0.338 e. The van der Waals surface area contributed by atoms with Crippen LogP contribution >= 0.6 is 22.9 Å². The number of para-hydroxylation sites is 1. The normalized spacial score (nSPS) is 17.2. The molecule has 206 valence electrons. The van der Waals surface area contributed by atoms with Gasteiger partial charge in [-0.3, -0.25) is 14.2 Å². The van der Waals surface area contributed by atoms with Crippen molar-refractivity contribution in [2.45, 2.75) is 13.0 Å². The summed E-state index contributed by atoms with van der Waals surface area (Å²) in [6, 6.07) is 20.6. The zero-order valence-corrected chi connectivity index (χ0v) is 24.0. The average molecular weight is 586 g/mol. The molecular formula is C31H24ClN3O5S. The number of rotatable bonds is 5. The molecule has 0 fully saturated rings. The number of ether oxygens (including phenoxy) is 2. The number of amides is 1. The number of fused-ring (bicyclic) bond motifs is 2. The molecular weight excluding hydrogens is 562 g/mol. The lowest BCUT2D eigenvalue weighted by atomic mass is 9.92. The van der Waals surface area contributed by atoms with Gasteiger partial charge in [0.2, 0.25) is 0 Å². The van der Waals surface area contributed by atoms with Crippen LogP contribution < -0.4 is 24.5 Å². The number of benzene rings is 3. The SMILES string of the molecule is CCOC(=O)C1=C(c2ccccc2)N=c2s/c(=C3/C(=O)N(C)c4ccccc43)c(=O)n2[C@H]1c1cc(Cl)ccc1OC. The molecule has 0 N–H and O–H groups in total. The van der Waals surface area contributed by atoms with Crippen molar-refractivity contribution in [3.63, 3.8) is 0 Å². The Kier molecular flexibility index (Phi) is 6.84. The van der Waals surface area contributed by atoms with Crippen molar-refractivity contribution in [3.8, 4) is 5.75 Å². The van der Waals surface area contributed by atoms with Gasteiger partial charge in [0.05, 0.1) is 36.2 Å².